The molecular formula is C22H24N4O. The van der Waals surface area contributed by atoms with Crippen molar-refractivity contribution in [3.8, 4) is 0 Å². The molecule has 138 valence electrons. The third-order valence-corrected chi connectivity index (χ3v) is 4.39. The fourth-order valence-electron chi connectivity index (χ4n) is 2.91. The number of carbonyl (C=O) groups excluding carboxylic acids is 1. The molecule has 1 aromatic heterocycles. The van der Waals surface area contributed by atoms with Crippen LogP contribution in [-0.2, 0) is 0 Å². The van der Waals surface area contributed by atoms with Gasteiger partial charge in [0.2, 0.25) is 0 Å². The summed E-state index contributed by atoms with van der Waals surface area (Å²) in [6, 6.07) is 19.6. The van der Waals surface area contributed by atoms with Gasteiger partial charge >= 0.3 is 0 Å². The van der Waals surface area contributed by atoms with Crippen molar-refractivity contribution in [1.29, 1.82) is 0 Å². The van der Waals surface area contributed by atoms with Crippen LogP contribution < -0.4 is 10.6 Å². The molecule has 1 heterocycles. The molecule has 0 radical (unpaired) electrons. The molecule has 0 saturated carbocycles. The molecule has 5 heteroatoms. The summed E-state index contributed by atoms with van der Waals surface area (Å²) < 4.78 is 0. The number of rotatable bonds is 6. The fraction of sp³-hybridized carbons (Fsp3) is 0.227. The molecule has 0 saturated heterocycles. The molecule has 3 aromatic rings. The number of para-hydroxylation sites is 1. The molecule has 27 heavy (non-hydrogen) atoms. The first-order valence-electron chi connectivity index (χ1n) is 9.08. The Hall–Kier alpha value is -3.21. The van der Waals surface area contributed by atoms with Gasteiger partial charge in [0, 0.05) is 17.8 Å². The van der Waals surface area contributed by atoms with Crippen LogP contribution in [-0.4, -0.2) is 15.9 Å². The van der Waals surface area contributed by atoms with Gasteiger partial charge in [-0.3, -0.25) is 4.79 Å². The molecule has 3 rings (SSSR count). The number of hydrogen-bond donors (Lipinski definition) is 2. The zero-order chi connectivity index (χ0) is 19.2. The van der Waals surface area contributed by atoms with Crippen LogP contribution in [0.2, 0.25) is 0 Å². The van der Waals surface area contributed by atoms with Crippen LogP contribution in [0.5, 0.6) is 0 Å². The minimum atomic E-state index is -0.249. The van der Waals surface area contributed by atoms with Gasteiger partial charge in [-0.05, 0) is 30.0 Å². The van der Waals surface area contributed by atoms with Crippen LogP contribution in [0.4, 0.5) is 11.5 Å². The summed E-state index contributed by atoms with van der Waals surface area (Å²) in [5.41, 5.74) is 3.37. The first-order chi connectivity index (χ1) is 13.0. The Morgan fingerprint density at radius 1 is 0.926 bits per heavy atom. The molecular weight excluding hydrogens is 336 g/mol. The maximum atomic E-state index is 12.7. The molecule has 0 aliphatic carbocycles. The van der Waals surface area contributed by atoms with Crippen molar-refractivity contribution < 1.29 is 4.79 Å². The van der Waals surface area contributed by atoms with Gasteiger partial charge in [0.25, 0.3) is 5.91 Å². The lowest BCUT2D eigenvalue weighted by Gasteiger charge is -2.16. The van der Waals surface area contributed by atoms with Crippen LogP contribution in [0.1, 0.15) is 54.3 Å². The first kappa shape index (κ1) is 18.6. The second-order valence-corrected chi connectivity index (χ2v) is 6.76. The minimum absolute atomic E-state index is 0.0682. The van der Waals surface area contributed by atoms with E-state index in [9.17, 15) is 4.79 Å². The van der Waals surface area contributed by atoms with Crippen LogP contribution in [0.25, 0.3) is 0 Å². The maximum absolute atomic E-state index is 12.7. The minimum Gasteiger partial charge on any atom is -0.363 e. The number of nitrogens with zero attached hydrogens (tertiary/aromatic N) is 2. The number of nitrogens with one attached hydrogen (secondary N) is 2. The van der Waals surface area contributed by atoms with Gasteiger partial charge in [-0.25, -0.2) is 9.97 Å². The van der Waals surface area contributed by atoms with E-state index in [0.717, 1.165) is 16.8 Å². The number of carbonyl (C=O) groups is 1. The predicted octanol–water partition coefficient (Wildman–Crippen LogP) is 5.03. The standard InChI is InChI=1S/C22H24N4O/c1-15(2)18-11-7-8-12-19(18)26-22(27)20-13-21(24-14-23-20)25-16(3)17-9-5-4-6-10-17/h4-16H,1-3H3,(H,26,27)(H,23,24,25). The normalized spacial score (nSPS) is 11.9. The number of anilines is 2. The Balaban J connectivity index is 1.74. The largest absolute Gasteiger partial charge is 0.363 e. The first-order valence-corrected chi connectivity index (χ1v) is 9.08. The molecule has 2 N–H and O–H groups in total. The lowest BCUT2D eigenvalue weighted by molar-refractivity contribution is 0.102. The van der Waals surface area contributed by atoms with Gasteiger partial charge in [-0.1, -0.05) is 62.4 Å². The quantitative estimate of drug-likeness (QED) is 0.647. The summed E-state index contributed by atoms with van der Waals surface area (Å²) in [4.78, 5) is 21.0. The monoisotopic (exact) mass is 360 g/mol. The van der Waals surface area contributed by atoms with Crippen LogP contribution >= 0.6 is 0 Å². The number of benzene rings is 2. The molecule has 5 nitrogen and oxygen atoms in total. The zero-order valence-corrected chi connectivity index (χ0v) is 15.8. The highest BCUT2D eigenvalue weighted by Gasteiger charge is 2.14. The molecule has 0 aliphatic rings. The van der Waals surface area contributed by atoms with E-state index in [-0.39, 0.29) is 11.9 Å². The third-order valence-electron chi connectivity index (χ3n) is 4.39. The zero-order valence-electron chi connectivity index (χ0n) is 15.8. The van der Waals surface area contributed by atoms with Gasteiger partial charge < -0.3 is 10.6 Å². The molecule has 1 unspecified atom stereocenters. The van der Waals surface area contributed by atoms with E-state index in [1.165, 1.54) is 6.33 Å². The second-order valence-electron chi connectivity index (χ2n) is 6.76. The smallest absolute Gasteiger partial charge is 0.274 e. The van der Waals surface area contributed by atoms with E-state index in [0.29, 0.717) is 17.4 Å². The Kier molecular flexibility index (Phi) is 5.81. The molecule has 0 fully saturated rings. The summed E-state index contributed by atoms with van der Waals surface area (Å²) >= 11 is 0. The molecule has 1 atom stereocenters. The van der Waals surface area contributed by atoms with Crippen LogP contribution in [0.15, 0.2) is 67.0 Å². The van der Waals surface area contributed by atoms with E-state index in [2.05, 4.69) is 53.5 Å². The van der Waals surface area contributed by atoms with Crippen molar-refractivity contribution in [1.82, 2.24) is 9.97 Å². The van der Waals surface area contributed by atoms with Gasteiger partial charge in [0.15, 0.2) is 0 Å². The Labute approximate surface area is 159 Å². The van der Waals surface area contributed by atoms with Crippen LogP contribution in [0.3, 0.4) is 0 Å². The van der Waals surface area contributed by atoms with Gasteiger partial charge in [0.1, 0.15) is 17.8 Å². The van der Waals surface area contributed by atoms with E-state index >= 15 is 0 Å². The summed E-state index contributed by atoms with van der Waals surface area (Å²) in [5.74, 6) is 0.681. The van der Waals surface area contributed by atoms with Crippen molar-refractivity contribution in [3.63, 3.8) is 0 Å². The average Bonchev–Trinajstić information content (AvgIpc) is 2.69. The summed E-state index contributed by atoms with van der Waals surface area (Å²) in [6.45, 7) is 6.25. The molecule has 0 bridgehead atoms. The third kappa shape index (κ3) is 4.70. The highest BCUT2D eigenvalue weighted by molar-refractivity contribution is 6.03. The number of aromatic nitrogens is 2. The Morgan fingerprint density at radius 2 is 1.63 bits per heavy atom. The second kappa shape index (κ2) is 8.45. The predicted molar refractivity (Wildman–Crippen MR) is 109 cm³/mol. The summed E-state index contributed by atoms with van der Waals surface area (Å²) in [6.07, 6.45) is 1.41. The van der Waals surface area contributed by atoms with Crippen LogP contribution in [0, 0.1) is 0 Å². The summed E-state index contributed by atoms with van der Waals surface area (Å²) in [7, 11) is 0. The SMILES string of the molecule is CC(C)c1ccccc1NC(=O)c1cc(NC(C)c2ccccc2)ncn1. The lowest BCUT2D eigenvalue weighted by atomic mass is 10.0. The van der Waals surface area contributed by atoms with E-state index in [4.69, 9.17) is 0 Å². The molecule has 0 spiro atoms. The van der Waals surface area contributed by atoms with E-state index in [1.807, 2.05) is 42.5 Å². The van der Waals surface area contributed by atoms with Crippen molar-refractivity contribution in [2.45, 2.75) is 32.7 Å². The van der Waals surface area contributed by atoms with E-state index in [1.54, 1.807) is 6.07 Å². The topological polar surface area (TPSA) is 66.9 Å². The van der Waals surface area contributed by atoms with Crippen molar-refractivity contribution in [2.75, 3.05) is 10.6 Å². The fourth-order valence-corrected chi connectivity index (χ4v) is 2.91. The Morgan fingerprint density at radius 3 is 2.37 bits per heavy atom. The average molecular weight is 360 g/mol. The van der Waals surface area contributed by atoms with Gasteiger partial charge in [-0.15, -0.1) is 0 Å². The highest BCUT2D eigenvalue weighted by atomic mass is 16.1. The van der Waals surface area contributed by atoms with Crippen molar-refractivity contribution in [2.24, 2.45) is 0 Å². The van der Waals surface area contributed by atoms with Gasteiger partial charge in [0.05, 0.1) is 0 Å². The highest BCUT2D eigenvalue weighted by Crippen LogP contribution is 2.24. The number of amides is 1. The molecule has 2 aromatic carbocycles. The maximum Gasteiger partial charge on any atom is 0.274 e. The van der Waals surface area contributed by atoms with Gasteiger partial charge in [-0.2, -0.15) is 0 Å². The molecule has 1 amide bonds. The van der Waals surface area contributed by atoms with E-state index < -0.39 is 0 Å². The van der Waals surface area contributed by atoms with Crippen molar-refractivity contribution in [3.05, 3.63) is 83.8 Å². The Bertz CT molecular complexity index is 909. The number of hydrogen-bond acceptors (Lipinski definition) is 4. The summed E-state index contributed by atoms with van der Waals surface area (Å²) in [5, 5.41) is 6.28. The molecule has 0 aliphatic heterocycles. The lowest BCUT2D eigenvalue weighted by Crippen LogP contribution is -2.16. The van der Waals surface area contributed by atoms with Crippen molar-refractivity contribution >= 4 is 17.4 Å².